The molecule has 0 heterocycles. The van der Waals surface area contributed by atoms with Gasteiger partial charge in [0.2, 0.25) is 0 Å². The molecule has 0 fully saturated rings. The van der Waals surface area contributed by atoms with Crippen LogP contribution in [0, 0.1) is 28.2 Å². The molecule has 2 aromatic carbocycles. The summed E-state index contributed by atoms with van der Waals surface area (Å²) in [5.74, 6) is 0. The smallest absolute Gasteiger partial charge is 0.358 e. The molecular formula is C17H22Zr. The van der Waals surface area contributed by atoms with Crippen molar-refractivity contribution in [3.8, 4) is 0 Å². The van der Waals surface area contributed by atoms with Gasteiger partial charge in [-0.2, -0.15) is 56.2 Å². The van der Waals surface area contributed by atoms with Crippen LogP contribution in [0.2, 0.25) is 0 Å². The first-order valence-electron chi connectivity index (χ1n) is 5.24. The third-order valence-electron chi connectivity index (χ3n) is 1.69. The van der Waals surface area contributed by atoms with Crippen molar-refractivity contribution in [3.05, 3.63) is 100.0 Å². The monoisotopic (exact) mass is 316 g/mol. The third kappa shape index (κ3) is 13.1. The van der Waals surface area contributed by atoms with Crippen LogP contribution in [0.25, 0.3) is 0 Å². The van der Waals surface area contributed by atoms with E-state index in [1.165, 1.54) is 0 Å². The first-order valence-corrected chi connectivity index (χ1v) is 5.24. The summed E-state index contributed by atoms with van der Waals surface area (Å²) in [4.78, 5) is 0. The van der Waals surface area contributed by atoms with E-state index in [2.05, 4.69) is 20.8 Å². The molecule has 0 N–H and O–H groups in total. The average Bonchev–Trinajstić information content (AvgIpc) is 2.34. The summed E-state index contributed by atoms with van der Waals surface area (Å²) >= 11 is 0. The van der Waals surface area contributed by atoms with Gasteiger partial charge in [0.05, 0.1) is 0 Å². The van der Waals surface area contributed by atoms with Crippen LogP contribution < -0.4 is 0 Å². The van der Waals surface area contributed by atoms with E-state index in [1.807, 2.05) is 60.7 Å². The summed E-state index contributed by atoms with van der Waals surface area (Å²) in [5.41, 5.74) is 2.14. The van der Waals surface area contributed by atoms with Crippen LogP contribution in [0.5, 0.6) is 0 Å². The molecule has 0 aliphatic rings. The summed E-state index contributed by atoms with van der Waals surface area (Å²) in [7, 11) is 0. The van der Waals surface area contributed by atoms with E-state index in [1.54, 1.807) is 6.92 Å². The van der Waals surface area contributed by atoms with E-state index in [0.717, 1.165) is 11.1 Å². The van der Waals surface area contributed by atoms with Crippen LogP contribution in [0.1, 0.15) is 18.1 Å². The summed E-state index contributed by atoms with van der Waals surface area (Å²) in [5, 5.41) is 0. The molecule has 0 aliphatic carbocycles. The molecule has 0 atom stereocenters. The fourth-order valence-electron chi connectivity index (χ4n) is 0.956. The van der Waals surface area contributed by atoms with Gasteiger partial charge in [-0.3, -0.25) is 0 Å². The van der Waals surface area contributed by atoms with Crippen molar-refractivity contribution in [1.29, 1.82) is 0 Å². The predicted octanol–water partition coefficient (Wildman–Crippen LogP) is 5.03. The first-order chi connectivity index (χ1) is 7.79. The number of benzene rings is 2. The molecule has 1 heteroatoms. The van der Waals surface area contributed by atoms with E-state index in [4.69, 9.17) is 0 Å². The van der Waals surface area contributed by atoms with Gasteiger partial charge in [0.25, 0.3) is 0 Å². The molecule has 18 heavy (non-hydrogen) atoms. The van der Waals surface area contributed by atoms with Crippen LogP contribution >= 0.6 is 0 Å². The van der Waals surface area contributed by atoms with Crippen molar-refractivity contribution in [2.45, 2.75) is 6.92 Å². The SMILES string of the molecule is [CH2-]C.[CH2-]c1ccccc1.[CH2-]c1ccccc1.[CH3-].[Zr+4]. The molecule has 0 spiro atoms. The van der Waals surface area contributed by atoms with Gasteiger partial charge in [0, 0.05) is 0 Å². The standard InChI is InChI=1S/2C7H7.C2H5.CH3.Zr/c2*1-7-5-3-2-4-6-7;1-2;;/h2*2-6H,1H2;1H2,2H3;1H3;/q4*-1;+4. The minimum atomic E-state index is 0. The minimum absolute atomic E-state index is 0. The van der Waals surface area contributed by atoms with Gasteiger partial charge in [-0.05, 0) is 0 Å². The van der Waals surface area contributed by atoms with E-state index >= 15 is 0 Å². The minimum Gasteiger partial charge on any atom is -0.358 e. The molecule has 0 radical (unpaired) electrons. The van der Waals surface area contributed by atoms with Crippen molar-refractivity contribution in [2.24, 2.45) is 0 Å². The maximum absolute atomic E-state index is 3.72. The van der Waals surface area contributed by atoms with Crippen molar-refractivity contribution in [2.75, 3.05) is 0 Å². The number of rotatable bonds is 0. The molecule has 2 aromatic rings. The Kier molecular flexibility index (Phi) is 19.9. The second-order valence-electron chi connectivity index (χ2n) is 2.97. The maximum Gasteiger partial charge on any atom is 4.00 e. The zero-order valence-electron chi connectivity index (χ0n) is 11.4. The molecule has 0 nitrogen and oxygen atoms in total. The van der Waals surface area contributed by atoms with Crippen molar-refractivity contribution >= 4 is 0 Å². The zero-order valence-corrected chi connectivity index (χ0v) is 13.9. The van der Waals surface area contributed by atoms with Gasteiger partial charge < -0.3 is 14.4 Å². The molecule has 0 unspecified atom stereocenters. The van der Waals surface area contributed by atoms with Crippen LogP contribution in [0.4, 0.5) is 0 Å². The summed E-state index contributed by atoms with van der Waals surface area (Å²) in [6.07, 6.45) is 0. The zero-order chi connectivity index (χ0) is 12.2. The van der Waals surface area contributed by atoms with Crippen molar-refractivity contribution in [1.82, 2.24) is 0 Å². The molecular weight excluding hydrogens is 295 g/mol. The van der Waals surface area contributed by atoms with Crippen molar-refractivity contribution < 1.29 is 26.2 Å². The summed E-state index contributed by atoms with van der Waals surface area (Å²) in [6, 6.07) is 19.7. The molecule has 0 saturated heterocycles. The molecule has 0 saturated carbocycles. The van der Waals surface area contributed by atoms with Gasteiger partial charge in [0.1, 0.15) is 0 Å². The van der Waals surface area contributed by atoms with Gasteiger partial charge in [-0.25, -0.2) is 0 Å². The summed E-state index contributed by atoms with van der Waals surface area (Å²) < 4.78 is 0. The van der Waals surface area contributed by atoms with E-state index in [9.17, 15) is 0 Å². The number of hydrogen-bond donors (Lipinski definition) is 0. The van der Waals surface area contributed by atoms with Gasteiger partial charge in [0.15, 0.2) is 0 Å². The van der Waals surface area contributed by atoms with Crippen LogP contribution in [0.15, 0.2) is 60.7 Å². The number of hydrogen-bond acceptors (Lipinski definition) is 0. The fourth-order valence-corrected chi connectivity index (χ4v) is 0.956. The Morgan fingerprint density at radius 2 is 0.833 bits per heavy atom. The first kappa shape index (κ1) is 22.3. The van der Waals surface area contributed by atoms with Crippen LogP contribution in [-0.4, -0.2) is 0 Å². The Bertz CT molecular complexity index is 303. The van der Waals surface area contributed by atoms with E-state index < -0.39 is 0 Å². The topological polar surface area (TPSA) is 0 Å². The quantitative estimate of drug-likeness (QED) is 0.598. The van der Waals surface area contributed by atoms with Crippen LogP contribution in [-0.2, 0) is 26.2 Å². The Balaban J connectivity index is -0.000000200. The van der Waals surface area contributed by atoms with Gasteiger partial charge >= 0.3 is 26.2 Å². The van der Waals surface area contributed by atoms with Crippen LogP contribution in [0.3, 0.4) is 0 Å². The normalized spacial score (nSPS) is 7.00. The molecule has 94 valence electrons. The predicted molar refractivity (Wildman–Crippen MR) is 79.2 cm³/mol. The molecule has 0 aromatic heterocycles. The average molecular weight is 318 g/mol. The van der Waals surface area contributed by atoms with E-state index in [-0.39, 0.29) is 33.6 Å². The summed E-state index contributed by atoms with van der Waals surface area (Å²) in [6.45, 7) is 12.4. The molecule has 0 bridgehead atoms. The second-order valence-corrected chi connectivity index (χ2v) is 2.97. The second kappa shape index (κ2) is 16.1. The fraction of sp³-hybridized carbons (Fsp3) is 0.0588. The molecule has 0 aliphatic heterocycles. The Morgan fingerprint density at radius 3 is 0.944 bits per heavy atom. The van der Waals surface area contributed by atoms with Crippen molar-refractivity contribution in [3.63, 3.8) is 0 Å². The maximum atomic E-state index is 3.72. The third-order valence-corrected chi connectivity index (χ3v) is 1.69. The molecule has 2 rings (SSSR count). The molecule has 0 amide bonds. The van der Waals surface area contributed by atoms with Gasteiger partial charge in [-0.1, -0.05) is 12.1 Å². The van der Waals surface area contributed by atoms with Gasteiger partial charge in [-0.15, -0.1) is 24.3 Å². The largest absolute Gasteiger partial charge is 4.00 e. The Morgan fingerprint density at radius 1 is 0.611 bits per heavy atom. The Labute approximate surface area is 133 Å². The van der Waals surface area contributed by atoms with E-state index in [0.29, 0.717) is 0 Å². The Hall–Kier alpha value is -0.937.